The number of alkyl halides is 6. The van der Waals surface area contributed by atoms with Gasteiger partial charge in [-0.05, 0) is 134 Å². The van der Waals surface area contributed by atoms with Gasteiger partial charge in [0, 0.05) is 367 Å². The van der Waals surface area contributed by atoms with E-state index in [1.54, 1.807) is 0 Å². The maximum absolute atomic E-state index is 12.6. The predicted octanol–water partition coefficient (Wildman–Crippen LogP) is 14.2. The van der Waals surface area contributed by atoms with E-state index in [0.29, 0.717) is 0 Å². The Morgan fingerprint density at radius 1 is 0.183 bits per heavy atom. The first-order chi connectivity index (χ1) is 68.5. The normalized spacial score (nSPS) is 26.2. The van der Waals surface area contributed by atoms with E-state index in [4.69, 9.17) is 121 Å². The van der Waals surface area contributed by atoms with Gasteiger partial charge in [0.05, 0.1) is 7.14 Å². The van der Waals surface area contributed by atoms with Gasteiger partial charge in [0.2, 0.25) is 0 Å². The number of para-hydroxylation sites is 8. The molecule has 22 heterocycles. The van der Waals surface area contributed by atoms with E-state index < -0.39 is 39.0 Å². The van der Waals surface area contributed by atoms with Gasteiger partial charge in [-0.3, -0.25) is 78.4 Å². The Kier molecular flexibility index (Phi) is 42.9. The third-order valence-electron chi connectivity index (χ3n) is 29.5. The third kappa shape index (κ3) is 31.4. The van der Waals surface area contributed by atoms with Crippen molar-refractivity contribution < 1.29 is 22.7 Å². The summed E-state index contributed by atoms with van der Waals surface area (Å²) < 4.78 is 47.7. The molecule has 0 radical (unpaired) electrons. The first-order valence-electron chi connectivity index (χ1n) is 49.5. The molecule has 0 aliphatic carbocycles. The van der Waals surface area contributed by atoms with Gasteiger partial charge in [-0.25, -0.2) is 17.6 Å². The number of nitrogen functional groups attached to an aromatic ring is 8. The van der Waals surface area contributed by atoms with Crippen LogP contribution in [0.4, 0.5) is 63.1 Å². The second-order valence-electron chi connectivity index (χ2n) is 38.7. The standard InChI is InChI=1S/2C48H68N12.C6F4I2.2CHCl3.CH4O/c2*49-45-37-5-1-6-38(45)30-54-15-19-56(20-16-54)32-40-8-3-10-42(47(40)51)34-58-23-27-60(28-24-58)36-44-12-4-11-43(48(44)52)35-59-25-21-57(22-26-59)33-41-9-2-7-39(46(41)50)31-55-17-13-53(29-37)14-18-55;7-1-2(8)6(12)4(10)3(9)5(1)11;2*2-1(3)4;1-2/h2*1-12H,13-36,49-52H2;;2*1H;2H,1H3. The molecule has 22 aliphatic rings. The Morgan fingerprint density at radius 2 is 0.246 bits per heavy atom. The minimum atomic E-state index is -1.35. The van der Waals surface area contributed by atoms with Crippen molar-refractivity contribution in [1.29, 1.82) is 0 Å². The zero-order chi connectivity index (χ0) is 101. The minimum absolute atomic E-state index is 0.664. The number of aliphatic hydroxyl groups is 1. The Hall–Kier alpha value is -6.38. The van der Waals surface area contributed by atoms with Crippen molar-refractivity contribution in [3.05, 3.63) is 265 Å². The highest BCUT2D eigenvalue weighted by Crippen LogP contribution is 2.35. The molecule has 32 bridgehead atoms. The Morgan fingerprint density at radius 3 is 0.310 bits per heavy atom. The molecule has 0 saturated carbocycles. The van der Waals surface area contributed by atoms with Crippen LogP contribution in [0, 0.1) is 30.4 Å². The molecule has 0 atom stereocenters. The number of hydrogen-bond donors (Lipinski definition) is 9. The van der Waals surface area contributed by atoms with Crippen molar-refractivity contribution in [1.82, 2.24) is 78.4 Å². The number of nitrogens with zero attached hydrogens (tertiary/aromatic N) is 16. The lowest BCUT2D eigenvalue weighted by atomic mass is 10.0. The van der Waals surface area contributed by atoms with E-state index in [0.717, 1.165) is 367 Å². The maximum atomic E-state index is 12.6. The van der Waals surface area contributed by atoms with Crippen LogP contribution in [0.25, 0.3) is 0 Å². The summed E-state index contributed by atoms with van der Waals surface area (Å²) in [7, 11) is 1.00. The number of anilines is 8. The zero-order valence-corrected chi connectivity index (χ0v) is 90.6. The Balaban J connectivity index is 0.000000186. The summed E-state index contributed by atoms with van der Waals surface area (Å²) in [4.78, 5) is 41.0. The molecule has 25 nitrogen and oxygen atoms in total. The van der Waals surface area contributed by atoms with Crippen LogP contribution >= 0.6 is 115 Å². The van der Waals surface area contributed by atoms with Gasteiger partial charge in [-0.2, -0.15) is 0 Å². The van der Waals surface area contributed by atoms with Crippen molar-refractivity contribution in [3.63, 3.8) is 0 Å². The first kappa shape index (κ1) is 111. The summed E-state index contributed by atoms with van der Waals surface area (Å²) in [6.45, 7) is 47.0. The number of rotatable bonds is 0. The van der Waals surface area contributed by atoms with E-state index >= 15 is 0 Å². The number of hydrogen-bond acceptors (Lipinski definition) is 25. The average molecular weight is 2300 g/mol. The summed E-state index contributed by atoms with van der Waals surface area (Å²) in [5.41, 5.74) is 82.9. The van der Waals surface area contributed by atoms with Crippen LogP contribution in [-0.4, -0.2) is 309 Å². The first-order valence-corrected chi connectivity index (χ1v) is 54.3. The monoisotopic (exact) mass is 2290 g/mol. The molecule has 142 heavy (non-hydrogen) atoms. The lowest BCUT2D eigenvalue weighted by molar-refractivity contribution is 0.119. The lowest BCUT2D eigenvalue weighted by Crippen LogP contribution is -2.46. The smallest absolute Gasteiger partial charge is 0.180 e. The van der Waals surface area contributed by atoms with E-state index in [2.05, 4.69) is 224 Å². The van der Waals surface area contributed by atoms with Crippen LogP contribution in [0.1, 0.15) is 89.0 Å². The van der Waals surface area contributed by atoms with E-state index in [1.807, 2.05) is 0 Å². The molecule has 0 amide bonds. The molecular weight excluding hydrogens is 2160 g/mol. The number of benzene rings is 9. The van der Waals surface area contributed by atoms with Crippen LogP contribution in [0.3, 0.4) is 0 Å². The largest absolute Gasteiger partial charge is 0.400 e. The van der Waals surface area contributed by atoms with Gasteiger partial charge in [0.25, 0.3) is 0 Å². The Labute approximate surface area is 894 Å². The zero-order valence-electron chi connectivity index (χ0n) is 81.7. The average Bonchev–Trinajstić information content (AvgIpc) is 0.805. The van der Waals surface area contributed by atoms with Gasteiger partial charge in [-0.1, -0.05) is 215 Å². The molecule has 37 heteroatoms. The third-order valence-corrected chi connectivity index (χ3v) is 31.4. The van der Waals surface area contributed by atoms with Crippen molar-refractivity contribution >= 4 is 160 Å². The molecule has 0 aromatic heterocycles. The van der Waals surface area contributed by atoms with E-state index in [1.165, 1.54) is 134 Å². The Bertz CT molecular complexity index is 4280. The van der Waals surface area contributed by atoms with Crippen molar-refractivity contribution in [2.45, 2.75) is 113 Å². The van der Waals surface area contributed by atoms with Gasteiger partial charge in [-0.15, -0.1) is 0 Å². The molecule has 17 N–H and O–H groups in total. The van der Waals surface area contributed by atoms with Gasteiger partial charge < -0.3 is 51.0 Å². The summed E-state index contributed by atoms with van der Waals surface area (Å²) >= 11 is 31.2. The molecule has 22 aliphatic heterocycles. The molecule has 772 valence electrons. The fourth-order valence-electron chi connectivity index (χ4n) is 20.8. The molecule has 0 spiro atoms. The second kappa shape index (κ2) is 54.7. The van der Waals surface area contributed by atoms with Gasteiger partial charge in [0.1, 0.15) is 0 Å². The molecule has 0 unspecified atom stereocenters. The van der Waals surface area contributed by atoms with Crippen LogP contribution in [0.15, 0.2) is 146 Å². The minimum Gasteiger partial charge on any atom is -0.400 e. The molecule has 9 aromatic rings. The second-order valence-corrected chi connectivity index (χ2v) is 44.8. The summed E-state index contributed by atoms with van der Waals surface area (Å²) in [6, 6.07) is 53.1. The van der Waals surface area contributed by atoms with Crippen LogP contribution < -0.4 is 45.9 Å². The van der Waals surface area contributed by atoms with Crippen LogP contribution in [-0.2, 0) is 105 Å². The highest BCUT2D eigenvalue weighted by molar-refractivity contribution is 14.1. The quantitative estimate of drug-likeness (QED) is 0.0170. The van der Waals surface area contributed by atoms with Crippen LogP contribution in [0.2, 0.25) is 0 Å². The molecule has 8 saturated heterocycles. The SMILES string of the molecule is CO.ClC(Cl)Cl.ClC(Cl)Cl.Fc1c(F)c(I)c(F)c(F)c1I.Nc1c2cccc1CN1CCN(CC1)Cc1cccc(c1N)CN1CCN(CC1)Cc1cccc(c1N)CN1CCN(CC1)Cc1cccc(c1N)CN1CCN(CC1)C2.Nc1c2cccc1CN1CCN(CC1)Cc1cccc(c1N)CN1CCN(CC1)Cc1cccc(c1N)CN1CCN(CC1)Cc1cccc(c1N)CN1CCN(CC1)C2. The van der Waals surface area contributed by atoms with Gasteiger partial charge in [0.15, 0.2) is 31.9 Å². The van der Waals surface area contributed by atoms with Crippen LogP contribution in [0.5, 0.6) is 0 Å². The van der Waals surface area contributed by atoms with Crippen molar-refractivity contribution in [3.8, 4) is 0 Å². The van der Waals surface area contributed by atoms with E-state index in [-0.39, 0.29) is 0 Å². The number of halogens is 12. The predicted molar refractivity (Wildman–Crippen MR) is 594 cm³/mol. The summed E-state index contributed by atoms with van der Waals surface area (Å²) in [6.07, 6.45) is 0. The topological polar surface area (TPSA) is 280 Å². The van der Waals surface area contributed by atoms with Crippen molar-refractivity contribution in [2.75, 3.05) is 262 Å². The highest BCUT2D eigenvalue weighted by Gasteiger charge is 2.32. The van der Waals surface area contributed by atoms with E-state index in [9.17, 15) is 17.6 Å². The number of piperazine rings is 8. The maximum Gasteiger partial charge on any atom is 0.180 e. The summed E-state index contributed by atoms with van der Waals surface area (Å²) in [5.74, 6) is -5.39. The fourth-order valence-corrected chi connectivity index (χ4v) is 21.8. The number of aliphatic hydroxyl groups excluding tert-OH is 1. The molecular formula is C105H142Cl6F4I2N24O. The molecule has 31 rings (SSSR count). The van der Waals surface area contributed by atoms with Gasteiger partial charge >= 0.3 is 0 Å². The molecule has 8 fully saturated rings. The van der Waals surface area contributed by atoms with Crippen molar-refractivity contribution in [2.24, 2.45) is 0 Å². The molecule has 9 aromatic carbocycles. The fraction of sp³-hybridized carbons (Fsp3) is 0.486. The lowest BCUT2D eigenvalue weighted by Gasteiger charge is -2.37. The highest BCUT2D eigenvalue weighted by atomic mass is 127. The number of nitrogens with two attached hydrogens (primary N) is 8. The summed E-state index contributed by atoms with van der Waals surface area (Å²) in [5, 5.41) is 7.00.